The zero-order chi connectivity index (χ0) is 35.9. The number of phenolic OH excluding ortho intramolecular Hbond substituents is 1. The molecule has 12 nitrogen and oxygen atoms in total. The molecule has 1 aromatic rings. The average Bonchev–Trinajstić information content (AvgIpc) is 3.03. The summed E-state index contributed by atoms with van der Waals surface area (Å²) in [6.07, 6.45) is 1.97. The maximum absolute atomic E-state index is 12.9. The van der Waals surface area contributed by atoms with Crippen molar-refractivity contribution in [1.29, 1.82) is 0 Å². The van der Waals surface area contributed by atoms with Crippen molar-refractivity contribution in [3.63, 3.8) is 0 Å². The van der Waals surface area contributed by atoms with Crippen molar-refractivity contribution in [2.75, 3.05) is 6.61 Å². The smallest absolute Gasteiger partial charge is 0.330 e. The lowest BCUT2D eigenvalue weighted by Gasteiger charge is -2.37. The summed E-state index contributed by atoms with van der Waals surface area (Å²) in [4.78, 5) is 49.3. The van der Waals surface area contributed by atoms with Crippen molar-refractivity contribution in [2.45, 2.75) is 72.9 Å². The molecule has 0 spiro atoms. The first kappa shape index (κ1) is 39.2. The monoisotopic (exact) mass is 657 g/mol. The number of carbonyl (C=O) groups is 4. The fourth-order valence-electron chi connectivity index (χ4n) is 5.47. The standard InChI is InChI=1S/C35H47NO11/c1-16(29(40)20(5)30(41)21(6)31(42)22(7)32(43)23(15-37)11-19(4)35(46)47)9-8-10-17(2)34(45)36-26-14-28(39)24-13-27(38)18(3)12-25(24)33(26)44/h8-14,16,20-23,29-32,37-38,40-43H,15H2,1-7H3,(H,36,45)(H,46,47). The number of phenols is 1. The Morgan fingerprint density at radius 3 is 1.96 bits per heavy atom. The number of aliphatic hydroxyl groups excluding tert-OH is 5. The molecular weight excluding hydrogens is 610 g/mol. The number of carbonyl (C=O) groups excluding carboxylic acids is 3. The first-order chi connectivity index (χ1) is 21.8. The minimum atomic E-state index is -1.31. The van der Waals surface area contributed by atoms with Crippen LogP contribution in [0.1, 0.15) is 67.8 Å². The summed E-state index contributed by atoms with van der Waals surface area (Å²) in [5.41, 5.74) is 0.462. The van der Waals surface area contributed by atoms with E-state index in [1.165, 1.54) is 51.1 Å². The van der Waals surface area contributed by atoms with Crippen LogP contribution in [0.15, 0.2) is 59.4 Å². The van der Waals surface area contributed by atoms with E-state index in [9.17, 15) is 49.8 Å². The number of aliphatic carboxylic acids is 1. The van der Waals surface area contributed by atoms with Crippen LogP contribution < -0.4 is 5.32 Å². The van der Waals surface area contributed by atoms with E-state index >= 15 is 0 Å². The molecule has 0 saturated heterocycles. The summed E-state index contributed by atoms with van der Waals surface area (Å²) in [5, 5.41) is 74.7. The quantitative estimate of drug-likeness (QED) is 0.101. The van der Waals surface area contributed by atoms with Crippen molar-refractivity contribution >= 4 is 23.4 Å². The van der Waals surface area contributed by atoms with Crippen molar-refractivity contribution in [3.05, 3.63) is 76.0 Å². The summed E-state index contributed by atoms with van der Waals surface area (Å²) < 4.78 is 0. The van der Waals surface area contributed by atoms with E-state index in [0.29, 0.717) is 5.56 Å². The van der Waals surface area contributed by atoms with Gasteiger partial charge in [0.15, 0.2) is 5.78 Å². The Morgan fingerprint density at radius 1 is 0.851 bits per heavy atom. The third-order valence-corrected chi connectivity index (χ3v) is 8.96. The number of ketones is 2. The van der Waals surface area contributed by atoms with Crippen LogP contribution in [0.4, 0.5) is 0 Å². The van der Waals surface area contributed by atoms with E-state index in [-0.39, 0.29) is 33.7 Å². The van der Waals surface area contributed by atoms with Crippen LogP contribution >= 0.6 is 0 Å². The summed E-state index contributed by atoms with van der Waals surface area (Å²) in [6.45, 7) is 10.2. The highest BCUT2D eigenvalue weighted by atomic mass is 16.4. The first-order valence-electron chi connectivity index (χ1n) is 15.4. The highest BCUT2D eigenvalue weighted by Crippen LogP contribution is 2.30. The van der Waals surface area contributed by atoms with Gasteiger partial charge >= 0.3 is 5.97 Å². The molecule has 1 amide bonds. The first-order valence-corrected chi connectivity index (χ1v) is 15.4. The number of aryl methyl sites for hydroxylation is 1. The van der Waals surface area contributed by atoms with Crippen molar-refractivity contribution in [2.24, 2.45) is 29.6 Å². The molecule has 0 fully saturated rings. The maximum Gasteiger partial charge on any atom is 0.330 e. The third-order valence-electron chi connectivity index (χ3n) is 8.96. The number of rotatable bonds is 15. The highest BCUT2D eigenvalue weighted by Gasteiger charge is 2.38. The van der Waals surface area contributed by atoms with Gasteiger partial charge in [0.1, 0.15) is 5.75 Å². The van der Waals surface area contributed by atoms with Crippen LogP contribution in [-0.2, 0) is 9.59 Å². The van der Waals surface area contributed by atoms with Crippen LogP contribution in [0.2, 0.25) is 0 Å². The second-order valence-electron chi connectivity index (χ2n) is 12.5. The molecule has 8 N–H and O–H groups in total. The number of carboxylic acids is 1. The largest absolute Gasteiger partial charge is 0.508 e. The molecule has 0 radical (unpaired) electrons. The number of Topliss-reactive ketones (excluding diaryl/α,β-unsaturated/α-hetero) is 1. The van der Waals surface area contributed by atoms with E-state index in [4.69, 9.17) is 5.11 Å². The van der Waals surface area contributed by atoms with Crippen molar-refractivity contribution in [1.82, 2.24) is 5.32 Å². The summed E-state index contributed by atoms with van der Waals surface area (Å²) in [5.74, 6) is -6.94. The van der Waals surface area contributed by atoms with Gasteiger partial charge in [-0.3, -0.25) is 14.4 Å². The number of benzene rings is 1. The normalized spacial score (nSPS) is 20.0. The molecule has 2 rings (SSSR count). The van der Waals surface area contributed by atoms with E-state index < -0.39 is 84.1 Å². The predicted molar refractivity (Wildman–Crippen MR) is 173 cm³/mol. The Morgan fingerprint density at radius 2 is 1.40 bits per heavy atom. The molecule has 0 bridgehead atoms. The van der Waals surface area contributed by atoms with Crippen LogP contribution in [0.5, 0.6) is 5.75 Å². The number of fused-ring (bicyclic) bond motifs is 1. The zero-order valence-electron chi connectivity index (χ0n) is 27.7. The summed E-state index contributed by atoms with van der Waals surface area (Å²) in [7, 11) is 0. The average molecular weight is 658 g/mol. The number of hydrogen-bond donors (Lipinski definition) is 8. The Hall–Kier alpha value is -3.94. The minimum Gasteiger partial charge on any atom is -0.508 e. The Bertz CT molecular complexity index is 1470. The minimum absolute atomic E-state index is 0.0463. The lowest BCUT2D eigenvalue weighted by atomic mass is 9.77. The summed E-state index contributed by atoms with van der Waals surface area (Å²) >= 11 is 0. The Balaban J connectivity index is 2.04. The number of allylic oxidation sites excluding steroid dienone is 4. The molecular formula is C35H47NO11. The van der Waals surface area contributed by atoms with Gasteiger partial charge in [0.2, 0.25) is 5.78 Å². The van der Waals surface area contributed by atoms with Gasteiger partial charge in [0.25, 0.3) is 5.91 Å². The van der Waals surface area contributed by atoms with Gasteiger partial charge in [-0.2, -0.15) is 0 Å². The van der Waals surface area contributed by atoms with Gasteiger partial charge in [-0.15, -0.1) is 0 Å². The van der Waals surface area contributed by atoms with Crippen LogP contribution in [-0.4, -0.2) is 90.2 Å². The molecule has 1 aliphatic rings. The fraction of sp³-hybridized carbons (Fsp3) is 0.486. The second-order valence-corrected chi connectivity index (χ2v) is 12.5. The van der Waals surface area contributed by atoms with E-state index in [0.717, 1.165) is 6.08 Å². The van der Waals surface area contributed by atoms with E-state index in [1.807, 2.05) is 0 Å². The van der Waals surface area contributed by atoms with Crippen LogP contribution in [0.3, 0.4) is 0 Å². The second kappa shape index (κ2) is 16.8. The summed E-state index contributed by atoms with van der Waals surface area (Å²) in [6, 6.07) is 2.61. The molecule has 0 heterocycles. The van der Waals surface area contributed by atoms with Crippen molar-refractivity contribution < 1.29 is 54.9 Å². The SMILES string of the molecule is CC(=CC(CO)C(O)C(C)C(O)C(C)C(O)C(C)C(O)C(C)C=CC=C(C)C(=O)NC1=CC(=O)c2cc(O)c(C)cc2C1=O)C(=O)O. The Kier molecular flexibility index (Phi) is 14.0. The number of nitrogens with one attached hydrogen (secondary N) is 1. The molecule has 1 aliphatic carbocycles. The molecule has 1 aromatic carbocycles. The predicted octanol–water partition coefficient (Wildman–Crippen LogP) is 2.21. The molecule has 0 saturated carbocycles. The molecule has 9 atom stereocenters. The number of aromatic hydroxyl groups is 1. The third kappa shape index (κ3) is 9.55. The number of carboxylic acid groups (broad SMARTS) is 1. The van der Waals surface area contributed by atoms with E-state index in [1.54, 1.807) is 33.8 Å². The lowest BCUT2D eigenvalue weighted by Crippen LogP contribution is -2.46. The van der Waals surface area contributed by atoms with Gasteiger partial charge in [-0.05, 0) is 38.5 Å². The molecule has 0 aromatic heterocycles. The van der Waals surface area contributed by atoms with Gasteiger partial charge in [-0.1, -0.05) is 52.0 Å². The Labute approximate surface area is 274 Å². The van der Waals surface area contributed by atoms with Crippen LogP contribution in [0, 0.1) is 36.5 Å². The fourth-order valence-corrected chi connectivity index (χ4v) is 5.47. The van der Waals surface area contributed by atoms with Crippen molar-refractivity contribution in [3.8, 4) is 5.75 Å². The maximum atomic E-state index is 12.9. The van der Waals surface area contributed by atoms with Gasteiger partial charge in [-0.25, -0.2) is 4.79 Å². The topological polar surface area (TPSA) is 222 Å². The van der Waals surface area contributed by atoms with E-state index in [2.05, 4.69) is 5.32 Å². The number of amides is 1. The number of aliphatic hydroxyl groups is 5. The number of hydrogen-bond acceptors (Lipinski definition) is 10. The molecule has 47 heavy (non-hydrogen) atoms. The molecule has 0 aliphatic heterocycles. The highest BCUT2D eigenvalue weighted by molar-refractivity contribution is 6.25. The van der Waals surface area contributed by atoms with Gasteiger partial charge < -0.3 is 41.1 Å². The lowest BCUT2D eigenvalue weighted by molar-refractivity contribution is -0.132. The zero-order valence-corrected chi connectivity index (χ0v) is 27.7. The van der Waals surface area contributed by atoms with Gasteiger partial charge in [0.05, 0.1) is 36.7 Å². The molecule has 12 heteroatoms. The van der Waals surface area contributed by atoms with Crippen LogP contribution in [0.25, 0.3) is 0 Å². The molecule has 258 valence electrons. The van der Waals surface area contributed by atoms with Gasteiger partial charge in [0, 0.05) is 57.9 Å². The molecule has 9 unspecified atom stereocenters.